The molecule has 2 unspecified atom stereocenters. The summed E-state index contributed by atoms with van der Waals surface area (Å²) in [6.45, 7) is 5.26. The van der Waals surface area contributed by atoms with Crippen molar-refractivity contribution in [2.45, 2.75) is 60.8 Å². The Kier molecular flexibility index (Phi) is 13.0. The number of fused-ring (bicyclic) bond motifs is 1. The third-order valence-corrected chi connectivity index (χ3v) is 13.3. The van der Waals surface area contributed by atoms with E-state index in [1.807, 2.05) is 152 Å². The maximum Gasteiger partial charge on any atom is 0.413 e. The van der Waals surface area contributed by atoms with Crippen molar-refractivity contribution in [3.05, 3.63) is 191 Å². The van der Waals surface area contributed by atoms with E-state index >= 15 is 0 Å². The van der Waals surface area contributed by atoms with E-state index in [0.717, 1.165) is 45.4 Å². The molecule has 0 spiro atoms. The van der Waals surface area contributed by atoms with Crippen LogP contribution in [0.2, 0.25) is 0 Å². The monoisotopic (exact) mass is 909 g/mol. The van der Waals surface area contributed by atoms with Crippen LogP contribution in [-0.4, -0.2) is 67.9 Å². The Balaban J connectivity index is 1.07. The summed E-state index contributed by atoms with van der Waals surface area (Å²) in [5.74, 6) is -1.97. The predicted octanol–water partition coefficient (Wildman–Crippen LogP) is 9.00. The number of thiocarbonyl (C=S) groups is 1. The van der Waals surface area contributed by atoms with Crippen molar-refractivity contribution < 1.29 is 33.5 Å². The summed E-state index contributed by atoms with van der Waals surface area (Å²) in [5.41, 5.74) is 2.26. The van der Waals surface area contributed by atoms with Gasteiger partial charge < -0.3 is 24.5 Å². The number of ether oxygens (including phenoxy) is 2. The Hall–Kier alpha value is -6.68. The standard InChI is InChI=1S/C49H43N5O7S3/c1-48(2,3)60-47(58)53-46-51-36(30-63-46)42-41(62)39(45(57)59-40(31-19-9-4-10-20-31)32-21-11-5-12-22-32)54-43(56)38(44(54)64-42)52-37(55)29-50-61-49(33-23-13-6-14-24-33,34-25-15-7-16-26-34)35-27-17-8-18-28-35/h4-30,38-40,42,44H,1-3H3,(H,52,55)(H,51,53,58)/t38-,39?,42?,44+/m1/s1. The van der Waals surface area contributed by atoms with E-state index in [1.54, 1.807) is 26.2 Å². The first-order chi connectivity index (χ1) is 30.9. The molecule has 2 saturated heterocycles. The SMILES string of the molecule is CC(C)(C)OC(=O)Nc1nc(C2S[C@H]3[C@H](NC(=O)C=NOC(c4ccccc4)(c4ccccc4)c4ccccc4)C(=O)N3C(C(=O)OC(c3ccccc3)c3ccccc3)C2=S)cs1. The van der Waals surface area contributed by atoms with E-state index in [4.69, 9.17) is 26.5 Å². The lowest BCUT2D eigenvalue weighted by atomic mass is 9.80. The third-order valence-electron chi connectivity index (χ3n) is 10.4. The molecule has 3 heterocycles. The van der Waals surface area contributed by atoms with Gasteiger partial charge in [0.05, 0.1) is 10.9 Å². The van der Waals surface area contributed by atoms with Crippen LogP contribution in [0, 0.1) is 0 Å². The molecule has 15 heteroatoms. The minimum Gasteiger partial charge on any atom is -0.451 e. The van der Waals surface area contributed by atoms with Gasteiger partial charge in [-0.15, -0.1) is 23.1 Å². The number of nitrogens with zero attached hydrogens (tertiary/aromatic N) is 3. The van der Waals surface area contributed by atoms with Crippen molar-refractivity contribution in [2.24, 2.45) is 5.16 Å². The summed E-state index contributed by atoms with van der Waals surface area (Å²) in [5, 5.41) is 10.2. The average Bonchev–Trinajstić information content (AvgIpc) is 3.77. The number of anilines is 1. The molecule has 1 aromatic heterocycles. The number of aromatic nitrogens is 1. The van der Waals surface area contributed by atoms with Gasteiger partial charge in [-0.25, -0.2) is 14.6 Å². The molecule has 6 aromatic rings. The first-order valence-corrected chi connectivity index (χ1v) is 22.6. The second-order valence-corrected chi connectivity index (χ2v) is 18.4. The fourth-order valence-corrected chi connectivity index (χ4v) is 10.4. The number of hydrogen-bond acceptors (Lipinski definition) is 12. The van der Waals surface area contributed by atoms with E-state index in [2.05, 4.69) is 20.8 Å². The number of carbonyl (C=O) groups excluding carboxylic acids is 4. The number of nitrogens with one attached hydrogen (secondary N) is 2. The lowest BCUT2D eigenvalue weighted by molar-refractivity contribution is -0.163. The van der Waals surface area contributed by atoms with Gasteiger partial charge in [0, 0.05) is 26.9 Å². The Morgan fingerprint density at radius 2 is 1.28 bits per heavy atom. The molecule has 5 aromatic carbocycles. The molecular weight excluding hydrogens is 867 g/mol. The van der Waals surface area contributed by atoms with Crippen LogP contribution in [0.3, 0.4) is 0 Å². The molecule has 8 rings (SSSR count). The van der Waals surface area contributed by atoms with Gasteiger partial charge in [-0.1, -0.05) is 169 Å². The molecular formula is C49H43N5O7S3. The molecule has 0 radical (unpaired) electrons. The van der Waals surface area contributed by atoms with Crippen LogP contribution in [0.5, 0.6) is 0 Å². The quantitative estimate of drug-likeness (QED) is 0.0287. The lowest BCUT2D eigenvalue weighted by Crippen LogP contribution is -2.76. The van der Waals surface area contributed by atoms with E-state index in [-0.39, 0.29) is 10.00 Å². The maximum absolute atomic E-state index is 14.5. The Bertz CT molecular complexity index is 2510. The number of thiazole rings is 1. The third kappa shape index (κ3) is 9.32. The smallest absolute Gasteiger partial charge is 0.413 e. The predicted molar refractivity (Wildman–Crippen MR) is 251 cm³/mol. The second kappa shape index (κ2) is 19.0. The van der Waals surface area contributed by atoms with Gasteiger partial charge >= 0.3 is 12.1 Å². The van der Waals surface area contributed by atoms with Crippen LogP contribution in [0.1, 0.15) is 65.6 Å². The minimum atomic E-state index is -1.31. The number of hydrogen-bond donors (Lipinski definition) is 2. The van der Waals surface area contributed by atoms with Gasteiger partial charge in [0.2, 0.25) is 11.5 Å². The summed E-state index contributed by atoms with van der Waals surface area (Å²) in [7, 11) is 0. The number of benzene rings is 5. The number of amides is 3. The molecule has 12 nitrogen and oxygen atoms in total. The number of β-lactam (4-membered cyclic amide) rings is 1. The minimum absolute atomic E-state index is 0.187. The average molecular weight is 910 g/mol. The molecule has 2 aliphatic rings. The molecule has 2 N–H and O–H groups in total. The first kappa shape index (κ1) is 43.9. The summed E-state index contributed by atoms with van der Waals surface area (Å²) in [6.07, 6.45) is -0.495. The van der Waals surface area contributed by atoms with E-state index < -0.39 is 63.9 Å². The lowest BCUT2D eigenvalue weighted by Gasteiger charge is -2.54. The largest absolute Gasteiger partial charge is 0.451 e. The fraction of sp³-hybridized carbons (Fsp3) is 0.204. The van der Waals surface area contributed by atoms with E-state index in [1.165, 1.54) is 16.7 Å². The van der Waals surface area contributed by atoms with Crippen molar-refractivity contribution in [3.63, 3.8) is 0 Å². The Morgan fingerprint density at radius 1 is 0.781 bits per heavy atom. The molecule has 64 heavy (non-hydrogen) atoms. The molecule has 3 amide bonds. The highest BCUT2D eigenvalue weighted by atomic mass is 32.2. The van der Waals surface area contributed by atoms with Gasteiger partial charge in [0.25, 0.3) is 5.91 Å². The molecule has 2 aliphatic heterocycles. The molecule has 4 atom stereocenters. The van der Waals surface area contributed by atoms with Gasteiger partial charge in [-0.05, 0) is 31.9 Å². The first-order valence-electron chi connectivity index (χ1n) is 20.4. The normalized spacial score (nSPS) is 18.5. The fourth-order valence-electron chi connectivity index (χ4n) is 7.61. The van der Waals surface area contributed by atoms with Crippen molar-refractivity contribution in [3.8, 4) is 0 Å². The molecule has 324 valence electrons. The van der Waals surface area contributed by atoms with E-state index in [9.17, 15) is 19.2 Å². The topological polar surface area (TPSA) is 149 Å². The van der Waals surface area contributed by atoms with Gasteiger partial charge in [-0.2, -0.15) is 0 Å². The zero-order chi connectivity index (χ0) is 44.8. The molecule has 0 aliphatic carbocycles. The molecule has 2 fully saturated rings. The van der Waals surface area contributed by atoms with Crippen molar-refractivity contribution in [1.82, 2.24) is 15.2 Å². The van der Waals surface area contributed by atoms with Crippen LogP contribution in [0.4, 0.5) is 9.93 Å². The number of thioether (sulfide) groups is 1. The highest BCUT2D eigenvalue weighted by Gasteiger charge is 2.60. The van der Waals surface area contributed by atoms with Gasteiger partial charge in [0.15, 0.2) is 17.3 Å². The number of carbonyl (C=O) groups is 4. The maximum atomic E-state index is 14.5. The van der Waals surface area contributed by atoms with Crippen LogP contribution < -0.4 is 10.6 Å². The second-order valence-electron chi connectivity index (χ2n) is 15.9. The van der Waals surface area contributed by atoms with Crippen LogP contribution in [-0.2, 0) is 34.3 Å². The Labute approximate surface area is 384 Å². The summed E-state index contributed by atoms with van der Waals surface area (Å²) >= 11 is 8.45. The number of esters is 1. The summed E-state index contributed by atoms with van der Waals surface area (Å²) < 4.78 is 11.7. The Morgan fingerprint density at radius 3 is 1.78 bits per heavy atom. The zero-order valence-electron chi connectivity index (χ0n) is 34.9. The van der Waals surface area contributed by atoms with Crippen LogP contribution in [0.15, 0.2) is 162 Å². The van der Waals surface area contributed by atoms with Crippen molar-refractivity contribution in [1.29, 1.82) is 0 Å². The number of oxime groups is 1. The van der Waals surface area contributed by atoms with Crippen LogP contribution >= 0.6 is 35.3 Å². The number of rotatable bonds is 13. The molecule has 0 bridgehead atoms. The summed E-state index contributed by atoms with van der Waals surface area (Å²) in [4.78, 5) is 67.7. The summed E-state index contributed by atoms with van der Waals surface area (Å²) in [6, 6.07) is 44.9. The van der Waals surface area contributed by atoms with Gasteiger partial charge in [0.1, 0.15) is 23.2 Å². The van der Waals surface area contributed by atoms with E-state index in [0.29, 0.717) is 5.69 Å². The van der Waals surface area contributed by atoms with Crippen molar-refractivity contribution in [2.75, 3.05) is 5.32 Å². The highest BCUT2D eigenvalue weighted by molar-refractivity contribution is 8.02. The van der Waals surface area contributed by atoms with Crippen LogP contribution in [0.25, 0.3) is 0 Å². The van der Waals surface area contributed by atoms with Gasteiger partial charge in [-0.3, -0.25) is 14.9 Å². The molecule has 0 saturated carbocycles. The van der Waals surface area contributed by atoms with Crippen molar-refractivity contribution >= 4 is 75.4 Å². The highest BCUT2D eigenvalue weighted by Crippen LogP contribution is 2.49. The zero-order valence-corrected chi connectivity index (χ0v) is 37.3.